The quantitative estimate of drug-likeness (QED) is 0.0765. The third kappa shape index (κ3) is 8.76. The van der Waals surface area contributed by atoms with Gasteiger partial charge in [-0.3, -0.25) is 0 Å². The van der Waals surface area contributed by atoms with Crippen LogP contribution in [-0.4, -0.2) is 11.1 Å². The number of hydrogen-bond acceptors (Lipinski definition) is 2. The van der Waals surface area contributed by atoms with Crippen molar-refractivity contribution < 1.29 is 158 Å². The van der Waals surface area contributed by atoms with E-state index >= 15 is 105 Å². The number of benzene rings is 8. The van der Waals surface area contributed by atoms with Crippen LogP contribution in [0.3, 0.4) is 0 Å². The Balaban J connectivity index is 1.26. The fourth-order valence-corrected chi connectivity index (χ4v) is 13.0. The summed E-state index contributed by atoms with van der Waals surface area (Å²) in [7, 11) is 0. The van der Waals surface area contributed by atoms with E-state index in [0.29, 0.717) is 0 Å². The third-order valence-corrected chi connectivity index (χ3v) is 16.6. The summed E-state index contributed by atoms with van der Waals surface area (Å²) >= 11 is 0. The Hall–Kier alpha value is -9.16. The zero-order valence-corrected chi connectivity index (χ0v) is 44.2. The second-order valence-electron chi connectivity index (χ2n) is 21.3. The Labute approximate surface area is 499 Å². The molecule has 0 heterocycles. The van der Waals surface area contributed by atoms with E-state index in [1.807, 2.05) is 0 Å². The van der Waals surface area contributed by atoms with Crippen molar-refractivity contribution in [3.05, 3.63) is 209 Å². The Morgan fingerprint density at radius 1 is 0.189 bits per heavy atom. The summed E-state index contributed by atoms with van der Waals surface area (Å²) < 4.78 is 566. The molecule has 4 aliphatic rings. The first-order chi connectivity index (χ1) is 44.1. The van der Waals surface area contributed by atoms with E-state index in [2.05, 4.69) is 0 Å². The van der Waals surface area contributed by atoms with Gasteiger partial charge in [-0.15, -0.1) is 0 Å². The lowest BCUT2D eigenvalue weighted by atomic mass is 9.72. The largest absolute Gasteiger partial charge is 0.325 e. The monoisotopic (exact) mass is 1410 g/mol. The Kier molecular flexibility index (Phi) is 15.7. The second kappa shape index (κ2) is 22.2. The lowest BCUT2D eigenvalue weighted by molar-refractivity contribution is 0.216. The van der Waals surface area contributed by atoms with Crippen molar-refractivity contribution in [2.45, 2.75) is 43.2 Å². The highest BCUT2D eigenvalue weighted by atomic mass is 19.2. The third-order valence-electron chi connectivity index (χ3n) is 16.6. The molecule has 4 fully saturated rings. The zero-order chi connectivity index (χ0) is 70.6. The molecule has 4 aliphatic carbocycles. The molecule has 0 spiro atoms. The van der Waals surface area contributed by atoms with Gasteiger partial charge in [-0.25, -0.2) is 158 Å². The summed E-state index contributed by atoms with van der Waals surface area (Å²) in [5.41, 5.74) is -44.3. The van der Waals surface area contributed by atoms with E-state index in [-0.39, 0.29) is 0 Å². The first kappa shape index (κ1) is 67.3. The molecule has 8 aromatic rings. The van der Waals surface area contributed by atoms with Crippen LogP contribution in [0.4, 0.5) is 181 Å². The van der Waals surface area contributed by atoms with E-state index in [4.69, 9.17) is 0 Å². The van der Waals surface area contributed by atoms with Crippen LogP contribution in [0.15, 0.2) is 0 Å². The summed E-state index contributed by atoms with van der Waals surface area (Å²) in [4.78, 5) is -2.31. The van der Waals surface area contributed by atoms with Crippen molar-refractivity contribution in [2.75, 3.05) is 9.80 Å². The highest BCUT2D eigenvalue weighted by Crippen LogP contribution is 2.70. The molecule has 0 radical (unpaired) electrons. The van der Waals surface area contributed by atoms with Gasteiger partial charge in [0.05, 0.1) is 50.0 Å². The van der Waals surface area contributed by atoms with Gasteiger partial charge in [-0.1, -0.05) is 0 Å². The van der Waals surface area contributed by atoms with Crippen LogP contribution in [0.1, 0.15) is 32.1 Å². The average Bonchev–Trinajstić information content (AvgIpc) is 1.53. The Bertz CT molecular complexity index is 4330. The maximum absolute atomic E-state index is 17.3. The molecule has 4 atom stereocenters. The SMILES string of the molecule is Fc1c(F)c(F)c(-c2c(F)c(F)c(N(c3c(F)c(F)c(-c4c(F)c(F)c(F)c(F)c4F)c(F)c3F)C34CC5CC(C3)C(N(c3c(F)c(F)c(-c6c(F)c(F)c(F)c(F)c6F)c(F)c3F)c3c(F)c(F)c(-c6c(F)c(F)c(F)c(F)c6F)c(F)c3F)(C5)C4)c(F)c2F)c(F)c1F. The molecule has 0 amide bonds. The normalized spacial score (nSPS) is 18.2. The number of hydrogen-bond donors (Lipinski definition) is 0. The van der Waals surface area contributed by atoms with Crippen LogP contribution >= 0.6 is 0 Å². The predicted molar refractivity (Wildman–Crippen MR) is 246 cm³/mol. The smallest absolute Gasteiger partial charge is 0.200 e. The first-order valence-electron chi connectivity index (χ1n) is 25.2. The summed E-state index contributed by atoms with van der Waals surface area (Å²) in [6.07, 6.45) is -8.28. The number of nitrogens with zero attached hydrogens (tertiary/aromatic N) is 2. The van der Waals surface area contributed by atoms with Crippen molar-refractivity contribution in [1.29, 1.82) is 0 Å². The molecule has 502 valence electrons. The molecule has 0 N–H and O–H groups in total. The second-order valence-corrected chi connectivity index (χ2v) is 21.3. The van der Waals surface area contributed by atoms with Crippen LogP contribution in [0, 0.1) is 221 Å². The van der Waals surface area contributed by atoms with Gasteiger partial charge in [0, 0.05) is 5.54 Å². The standard InChI is InChI=1S/C57H12F36N2/c58-16-8(17(59)33(75)40(82)32(16)74)12-24(66)44(86)52(45(87)25(12)67)94(53-46(88)26(68)13(27(69)47(53)89)9-18(60)34(76)41(83)35(77)19(9)61)56-2-6-1-7(4-56)57(3-6,5-56)95(54-48(90)28(70)14(29(71)49(54)91)10-20(62)36(78)42(84)37(79)21(10)63)55-50(92)30(72)15(31(73)51(55)93)11-22(64)38(80)43(85)39(81)23(11)65/h6-7H,1-5H2. The fraction of sp³-hybridized carbons (Fsp3) is 0.158. The number of halogens is 36. The van der Waals surface area contributed by atoms with E-state index < -0.39 is 341 Å². The molecular weight excluding hydrogens is 1400 g/mol. The van der Waals surface area contributed by atoms with E-state index in [1.165, 1.54) is 0 Å². The molecule has 38 heteroatoms. The molecule has 4 unspecified atom stereocenters. The van der Waals surface area contributed by atoms with Crippen molar-refractivity contribution >= 4 is 22.7 Å². The summed E-state index contributed by atoms with van der Waals surface area (Å²) in [5.74, 6) is -127. The van der Waals surface area contributed by atoms with Gasteiger partial charge < -0.3 is 9.80 Å². The van der Waals surface area contributed by atoms with Gasteiger partial charge in [-0.2, -0.15) is 0 Å². The van der Waals surface area contributed by atoms with Gasteiger partial charge in [0.15, 0.2) is 186 Å². The minimum Gasteiger partial charge on any atom is -0.325 e. The minimum absolute atomic E-state index is 1.08. The lowest BCUT2D eigenvalue weighted by Gasteiger charge is -2.51. The predicted octanol–water partition coefficient (Wildman–Crippen LogP) is 20.0. The van der Waals surface area contributed by atoms with Gasteiger partial charge in [0.1, 0.15) is 22.7 Å². The molecule has 4 saturated carbocycles. The van der Waals surface area contributed by atoms with E-state index in [9.17, 15) is 52.7 Å². The van der Waals surface area contributed by atoms with Crippen LogP contribution in [0.5, 0.6) is 0 Å². The Morgan fingerprint density at radius 3 is 0.558 bits per heavy atom. The molecule has 4 bridgehead atoms. The highest BCUT2D eigenvalue weighted by molar-refractivity contribution is 5.82. The number of anilines is 4. The van der Waals surface area contributed by atoms with Gasteiger partial charge in [0.2, 0.25) is 23.3 Å². The van der Waals surface area contributed by atoms with E-state index in [1.54, 1.807) is 0 Å². The Morgan fingerprint density at radius 2 is 0.358 bits per heavy atom. The maximum atomic E-state index is 17.3. The topological polar surface area (TPSA) is 6.48 Å². The molecule has 95 heavy (non-hydrogen) atoms. The summed E-state index contributed by atoms with van der Waals surface area (Å²) in [6, 6.07) is 0. The first-order valence-corrected chi connectivity index (χ1v) is 25.2. The van der Waals surface area contributed by atoms with E-state index in [0.717, 1.165) is 0 Å². The van der Waals surface area contributed by atoms with Gasteiger partial charge in [0.25, 0.3) is 0 Å². The molecule has 0 saturated heterocycles. The maximum Gasteiger partial charge on any atom is 0.200 e. The lowest BCUT2D eigenvalue weighted by Crippen LogP contribution is -2.56. The molecule has 0 aliphatic heterocycles. The summed E-state index contributed by atoms with van der Waals surface area (Å²) in [6.45, 7) is 0. The van der Waals surface area contributed by atoms with Crippen molar-refractivity contribution in [3.8, 4) is 44.5 Å². The minimum atomic E-state index is -3.76. The molecule has 0 aromatic heterocycles. The van der Waals surface area contributed by atoms with Crippen molar-refractivity contribution in [3.63, 3.8) is 0 Å². The van der Waals surface area contributed by atoms with Crippen molar-refractivity contribution in [2.24, 2.45) is 11.8 Å². The van der Waals surface area contributed by atoms with Gasteiger partial charge in [-0.05, 0) is 43.9 Å². The van der Waals surface area contributed by atoms with Crippen LogP contribution in [0.25, 0.3) is 44.5 Å². The molecule has 12 rings (SSSR count). The summed E-state index contributed by atoms with van der Waals surface area (Å²) in [5, 5.41) is 0. The molecular formula is C57H12F36N2. The van der Waals surface area contributed by atoms with Crippen LogP contribution < -0.4 is 9.80 Å². The zero-order valence-electron chi connectivity index (χ0n) is 44.2. The average molecular weight is 1410 g/mol. The van der Waals surface area contributed by atoms with Crippen LogP contribution in [-0.2, 0) is 0 Å². The number of rotatable bonds is 10. The fourth-order valence-electron chi connectivity index (χ4n) is 13.0. The molecule has 2 nitrogen and oxygen atoms in total. The van der Waals surface area contributed by atoms with Crippen LogP contribution in [0.2, 0.25) is 0 Å². The molecule has 8 aromatic carbocycles. The highest BCUT2D eigenvalue weighted by Gasteiger charge is 2.70. The van der Waals surface area contributed by atoms with Gasteiger partial charge >= 0.3 is 0 Å². The van der Waals surface area contributed by atoms with Crippen molar-refractivity contribution in [1.82, 2.24) is 0 Å².